The molecule has 0 unspecified atom stereocenters. The summed E-state index contributed by atoms with van der Waals surface area (Å²) in [7, 11) is 0. The maximum absolute atomic E-state index is 12.1. The second-order valence-corrected chi connectivity index (χ2v) is 5.53. The number of nitrogens with zero attached hydrogens (tertiary/aromatic N) is 1. The lowest BCUT2D eigenvalue weighted by Gasteiger charge is -2.40. The molecule has 0 bridgehead atoms. The molecule has 1 fully saturated rings. The zero-order valence-electron chi connectivity index (χ0n) is 11.9. The van der Waals surface area contributed by atoms with Crippen LogP contribution in [0.1, 0.15) is 27.7 Å². The first-order chi connectivity index (χ1) is 9.07. The van der Waals surface area contributed by atoms with E-state index >= 15 is 0 Å². The highest BCUT2D eigenvalue weighted by Gasteiger charge is 2.44. The second kappa shape index (κ2) is 5.48. The number of hydrogen-bond donors (Lipinski definition) is 3. The number of imide groups is 1. The predicted molar refractivity (Wildman–Crippen MR) is 68.7 cm³/mol. The summed E-state index contributed by atoms with van der Waals surface area (Å²) in [6.45, 7) is 5.98. The first-order valence-electron chi connectivity index (χ1n) is 6.22. The molecule has 1 heterocycles. The molecule has 0 saturated carbocycles. The minimum Gasteiger partial charge on any atom is -0.480 e. The third kappa shape index (κ3) is 3.06. The molecule has 1 saturated heterocycles. The summed E-state index contributed by atoms with van der Waals surface area (Å²) in [5, 5.41) is 13.5. The van der Waals surface area contributed by atoms with Crippen molar-refractivity contribution in [3.8, 4) is 0 Å². The third-order valence-corrected chi connectivity index (χ3v) is 3.24. The summed E-state index contributed by atoms with van der Waals surface area (Å²) in [5.74, 6) is -2.69. The number of hydrogen-bond acceptors (Lipinski definition) is 4. The van der Waals surface area contributed by atoms with Crippen LogP contribution in [0.2, 0.25) is 0 Å². The minimum atomic E-state index is -1.22. The summed E-state index contributed by atoms with van der Waals surface area (Å²) in [4.78, 5) is 47.3. The fourth-order valence-corrected chi connectivity index (χ4v) is 1.83. The molecule has 20 heavy (non-hydrogen) atoms. The first-order valence-corrected chi connectivity index (χ1v) is 6.22. The molecule has 4 amide bonds. The third-order valence-electron chi connectivity index (χ3n) is 3.24. The van der Waals surface area contributed by atoms with Gasteiger partial charge in [0, 0.05) is 0 Å². The smallest absolute Gasteiger partial charge is 0.326 e. The van der Waals surface area contributed by atoms with Crippen LogP contribution in [0.15, 0.2) is 0 Å². The van der Waals surface area contributed by atoms with Crippen LogP contribution in [-0.2, 0) is 14.4 Å². The number of urea groups is 1. The van der Waals surface area contributed by atoms with Crippen LogP contribution < -0.4 is 10.6 Å². The SMILES string of the molecule is CC(C)[C@@H](NC(=O)N1CC(=O)NC(=O)C1(C)C)C(=O)O. The van der Waals surface area contributed by atoms with E-state index in [9.17, 15) is 19.2 Å². The Balaban J connectivity index is 2.92. The van der Waals surface area contributed by atoms with Crippen LogP contribution in [0.5, 0.6) is 0 Å². The Morgan fingerprint density at radius 1 is 1.35 bits per heavy atom. The summed E-state index contributed by atoms with van der Waals surface area (Å²) in [5.41, 5.74) is -1.22. The van der Waals surface area contributed by atoms with Crippen LogP contribution in [-0.4, -0.2) is 51.9 Å². The van der Waals surface area contributed by atoms with Gasteiger partial charge in [0.25, 0.3) is 5.91 Å². The van der Waals surface area contributed by atoms with Gasteiger partial charge in [0.1, 0.15) is 18.1 Å². The largest absolute Gasteiger partial charge is 0.480 e. The molecule has 0 aromatic rings. The molecule has 0 aromatic carbocycles. The van der Waals surface area contributed by atoms with Crippen molar-refractivity contribution >= 4 is 23.8 Å². The number of carbonyl (C=O) groups excluding carboxylic acids is 3. The number of carboxylic acids is 1. The van der Waals surface area contributed by atoms with E-state index < -0.39 is 35.4 Å². The van der Waals surface area contributed by atoms with Crippen LogP contribution in [0.25, 0.3) is 0 Å². The summed E-state index contributed by atoms with van der Waals surface area (Å²) in [6, 6.07) is -1.84. The minimum absolute atomic E-state index is 0.297. The molecule has 0 spiro atoms. The molecule has 1 aliphatic rings. The normalized spacial score (nSPS) is 19.6. The Labute approximate surface area is 116 Å². The van der Waals surface area contributed by atoms with Crippen molar-refractivity contribution in [1.29, 1.82) is 0 Å². The Kier molecular flexibility index (Phi) is 4.36. The van der Waals surface area contributed by atoms with Crippen molar-refractivity contribution in [2.24, 2.45) is 5.92 Å². The predicted octanol–water partition coefficient (Wildman–Crippen LogP) is -0.458. The molecule has 8 heteroatoms. The number of rotatable bonds is 3. The molecular formula is C12H19N3O5. The first kappa shape index (κ1) is 15.9. The van der Waals surface area contributed by atoms with Gasteiger partial charge in [-0.05, 0) is 19.8 Å². The van der Waals surface area contributed by atoms with Crippen molar-refractivity contribution in [3.63, 3.8) is 0 Å². The summed E-state index contributed by atoms with van der Waals surface area (Å²) in [6.07, 6.45) is 0. The Morgan fingerprint density at radius 3 is 2.35 bits per heavy atom. The molecule has 0 radical (unpaired) electrons. The van der Waals surface area contributed by atoms with Crippen molar-refractivity contribution in [3.05, 3.63) is 0 Å². The molecule has 3 N–H and O–H groups in total. The van der Waals surface area contributed by atoms with Crippen molar-refractivity contribution in [1.82, 2.24) is 15.5 Å². The van der Waals surface area contributed by atoms with E-state index in [1.165, 1.54) is 13.8 Å². The fourth-order valence-electron chi connectivity index (χ4n) is 1.83. The Morgan fingerprint density at radius 2 is 1.90 bits per heavy atom. The van der Waals surface area contributed by atoms with Gasteiger partial charge in [0.2, 0.25) is 5.91 Å². The van der Waals surface area contributed by atoms with E-state index in [1.54, 1.807) is 13.8 Å². The van der Waals surface area contributed by atoms with Crippen LogP contribution in [0.3, 0.4) is 0 Å². The highest BCUT2D eigenvalue weighted by atomic mass is 16.4. The van der Waals surface area contributed by atoms with Gasteiger partial charge in [-0.1, -0.05) is 13.8 Å². The van der Waals surface area contributed by atoms with Gasteiger partial charge in [0.05, 0.1) is 0 Å². The number of carboxylic acid groups (broad SMARTS) is 1. The molecule has 0 aromatic heterocycles. The maximum Gasteiger partial charge on any atom is 0.326 e. The lowest BCUT2D eigenvalue weighted by Crippen LogP contribution is -2.68. The van der Waals surface area contributed by atoms with Crippen LogP contribution in [0, 0.1) is 5.92 Å². The zero-order chi connectivity index (χ0) is 15.7. The average Bonchev–Trinajstić information content (AvgIpc) is 2.29. The number of nitrogens with one attached hydrogen (secondary N) is 2. The van der Waals surface area contributed by atoms with E-state index in [2.05, 4.69) is 10.6 Å². The topological polar surface area (TPSA) is 116 Å². The molecule has 1 atom stereocenters. The fraction of sp³-hybridized carbons (Fsp3) is 0.667. The van der Waals surface area contributed by atoms with Crippen molar-refractivity contribution in [2.75, 3.05) is 6.54 Å². The highest BCUT2D eigenvalue weighted by Crippen LogP contribution is 2.18. The van der Waals surface area contributed by atoms with Gasteiger partial charge in [-0.15, -0.1) is 0 Å². The number of amides is 4. The zero-order valence-corrected chi connectivity index (χ0v) is 11.9. The van der Waals surface area contributed by atoms with Crippen LogP contribution >= 0.6 is 0 Å². The van der Waals surface area contributed by atoms with E-state index in [1.807, 2.05) is 0 Å². The van der Waals surface area contributed by atoms with Crippen LogP contribution in [0.4, 0.5) is 4.79 Å². The molecule has 1 aliphatic heterocycles. The van der Waals surface area contributed by atoms with Gasteiger partial charge < -0.3 is 15.3 Å². The highest BCUT2D eigenvalue weighted by molar-refractivity contribution is 6.06. The molecule has 8 nitrogen and oxygen atoms in total. The maximum atomic E-state index is 12.1. The van der Waals surface area contributed by atoms with Crippen molar-refractivity contribution in [2.45, 2.75) is 39.3 Å². The summed E-state index contributed by atoms with van der Waals surface area (Å²) < 4.78 is 0. The van der Waals surface area contributed by atoms with Gasteiger partial charge in [-0.3, -0.25) is 14.9 Å². The van der Waals surface area contributed by atoms with E-state index in [-0.39, 0.29) is 12.5 Å². The van der Waals surface area contributed by atoms with Gasteiger partial charge in [-0.2, -0.15) is 0 Å². The van der Waals surface area contributed by atoms with Gasteiger partial charge in [0.15, 0.2) is 0 Å². The lowest BCUT2D eigenvalue weighted by atomic mass is 9.99. The van der Waals surface area contributed by atoms with E-state index in [0.717, 1.165) is 4.90 Å². The standard InChI is InChI=1S/C12H19N3O5/c1-6(2)8(9(17)18)14-11(20)15-5-7(16)13-10(19)12(15,3)4/h6,8H,5H2,1-4H3,(H,14,20)(H,17,18)(H,13,16,19)/t8-/m1/s1. The molecule has 0 aliphatic carbocycles. The monoisotopic (exact) mass is 285 g/mol. The number of aliphatic carboxylic acids is 1. The Bertz CT molecular complexity index is 458. The molecule has 112 valence electrons. The quantitative estimate of drug-likeness (QED) is 0.607. The van der Waals surface area contributed by atoms with Gasteiger partial charge >= 0.3 is 12.0 Å². The number of carbonyl (C=O) groups is 4. The van der Waals surface area contributed by atoms with E-state index in [0.29, 0.717) is 0 Å². The molecule has 1 rings (SSSR count). The summed E-state index contributed by atoms with van der Waals surface area (Å²) >= 11 is 0. The lowest BCUT2D eigenvalue weighted by molar-refractivity contribution is -0.142. The average molecular weight is 285 g/mol. The van der Waals surface area contributed by atoms with E-state index in [4.69, 9.17) is 5.11 Å². The van der Waals surface area contributed by atoms with Crippen molar-refractivity contribution < 1.29 is 24.3 Å². The Hall–Kier alpha value is -2.12. The van der Waals surface area contributed by atoms with Gasteiger partial charge in [-0.25, -0.2) is 9.59 Å². The molecular weight excluding hydrogens is 266 g/mol. The number of piperazine rings is 1. The second-order valence-electron chi connectivity index (χ2n) is 5.53.